The van der Waals surface area contributed by atoms with Gasteiger partial charge in [-0.25, -0.2) is 0 Å². The summed E-state index contributed by atoms with van der Waals surface area (Å²) >= 11 is 1.05. The van der Waals surface area contributed by atoms with E-state index in [4.69, 9.17) is 19.4 Å². The molecule has 1 aliphatic heterocycles. The van der Waals surface area contributed by atoms with Gasteiger partial charge in [-0.3, -0.25) is 19.7 Å². The summed E-state index contributed by atoms with van der Waals surface area (Å²) in [7, 11) is 1.65. The number of benzene rings is 2. The molecule has 8 heteroatoms. The van der Waals surface area contributed by atoms with Gasteiger partial charge in [0.05, 0.1) is 19.0 Å². The minimum absolute atomic E-state index is 0.214. The second-order valence-corrected chi connectivity index (χ2v) is 7.38. The van der Waals surface area contributed by atoms with Crippen LogP contribution in [0.15, 0.2) is 48.5 Å². The van der Waals surface area contributed by atoms with E-state index in [1.54, 1.807) is 7.11 Å². The molecule has 2 amide bonds. The summed E-state index contributed by atoms with van der Waals surface area (Å²) < 4.78 is 11.0. The predicted octanol–water partition coefficient (Wildman–Crippen LogP) is 3.30. The molecule has 0 radical (unpaired) electrons. The predicted molar refractivity (Wildman–Crippen MR) is 111 cm³/mol. The maximum absolute atomic E-state index is 11.6. The smallest absolute Gasteiger partial charge is 0.300 e. The molecule has 0 aliphatic carbocycles. The third-order valence-electron chi connectivity index (χ3n) is 3.91. The van der Waals surface area contributed by atoms with E-state index in [1.807, 2.05) is 48.5 Å². The molecule has 1 atom stereocenters. The molecule has 3 rings (SSSR count). The van der Waals surface area contributed by atoms with E-state index < -0.39 is 5.97 Å². The summed E-state index contributed by atoms with van der Waals surface area (Å²) in [6, 6.07) is 15.6. The van der Waals surface area contributed by atoms with E-state index in [0.717, 1.165) is 47.7 Å². The van der Waals surface area contributed by atoms with Gasteiger partial charge >= 0.3 is 0 Å². The fourth-order valence-electron chi connectivity index (χ4n) is 2.58. The Balaban J connectivity index is 0.000000687. The second kappa shape index (κ2) is 11.1. The van der Waals surface area contributed by atoms with Crippen molar-refractivity contribution in [3.8, 4) is 11.5 Å². The molecule has 1 fully saturated rings. The minimum Gasteiger partial charge on any atom is -0.497 e. The third kappa shape index (κ3) is 7.87. The van der Waals surface area contributed by atoms with E-state index in [1.165, 1.54) is 0 Å². The van der Waals surface area contributed by atoms with Crippen LogP contribution in [0.4, 0.5) is 4.79 Å². The standard InChI is InChI=1S/C19H19NO4S.C2H4O2/c1-23-16-4-2-3-13(11-16)9-10-24-15-7-5-14(6-8-15)12-17-18(21)20-19(22)25-17;1-2(3)4/h2-8,11,17H,9-10,12H2,1H3,(H,20,21,22);1H3,(H,3,4). The number of carboxylic acids is 1. The normalized spacial score (nSPS) is 15.2. The highest BCUT2D eigenvalue weighted by Crippen LogP contribution is 2.24. The molecule has 154 valence electrons. The lowest BCUT2D eigenvalue weighted by Crippen LogP contribution is -2.25. The number of hydrogen-bond donors (Lipinski definition) is 2. The van der Waals surface area contributed by atoms with Gasteiger partial charge in [0.25, 0.3) is 11.2 Å². The molecule has 1 unspecified atom stereocenters. The lowest BCUT2D eigenvalue weighted by Gasteiger charge is -2.09. The largest absolute Gasteiger partial charge is 0.497 e. The van der Waals surface area contributed by atoms with Crippen LogP contribution in [0.3, 0.4) is 0 Å². The Morgan fingerprint density at radius 1 is 1.10 bits per heavy atom. The van der Waals surface area contributed by atoms with Gasteiger partial charge in [-0.1, -0.05) is 36.0 Å². The van der Waals surface area contributed by atoms with Crippen molar-refractivity contribution >= 4 is 28.9 Å². The molecule has 7 nitrogen and oxygen atoms in total. The first-order chi connectivity index (χ1) is 13.9. The summed E-state index contributed by atoms with van der Waals surface area (Å²) in [5, 5.41) is 9.11. The number of methoxy groups -OCH3 is 1. The lowest BCUT2D eigenvalue weighted by molar-refractivity contribution is -0.134. The summed E-state index contributed by atoms with van der Waals surface area (Å²) in [5.41, 5.74) is 2.16. The zero-order valence-corrected chi connectivity index (χ0v) is 17.0. The lowest BCUT2D eigenvalue weighted by atomic mass is 10.1. The van der Waals surface area contributed by atoms with E-state index >= 15 is 0 Å². The third-order valence-corrected chi connectivity index (χ3v) is 4.89. The average molecular weight is 417 g/mol. The van der Waals surface area contributed by atoms with Crippen molar-refractivity contribution in [3.05, 3.63) is 59.7 Å². The maximum atomic E-state index is 11.6. The van der Waals surface area contributed by atoms with Crippen molar-refractivity contribution in [1.82, 2.24) is 5.32 Å². The van der Waals surface area contributed by atoms with Gasteiger partial charge in [0.15, 0.2) is 0 Å². The first kappa shape index (κ1) is 22.3. The number of rotatable bonds is 7. The van der Waals surface area contributed by atoms with Crippen LogP contribution in [0.1, 0.15) is 18.1 Å². The molecular formula is C21H23NO6S. The molecule has 0 bridgehead atoms. The van der Waals surface area contributed by atoms with E-state index in [0.29, 0.717) is 13.0 Å². The van der Waals surface area contributed by atoms with Crippen LogP contribution >= 0.6 is 11.8 Å². The number of carbonyl (C=O) groups excluding carboxylic acids is 2. The molecule has 0 aromatic heterocycles. The van der Waals surface area contributed by atoms with Crippen LogP contribution < -0.4 is 14.8 Å². The molecular weight excluding hydrogens is 394 g/mol. The minimum atomic E-state index is -0.833. The van der Waals surface area contributed by atoms with Crippen molar-refractivity contribution < 1.29 is 29.0 Å². The molecule has 2 aromatic rings. The fourth-order valence-corrected chi connectivity index (χ4v) is 3.44. The molecule has 0 saturated carbocycles. The number of carbonyl (C=O) groups is 3. The number of nitrogens with one attached hydrogen (secondary N) is 1. The summed E-state index contributed by atoms with van der Waals surface area (Å²) in [4.78, 5) is 31.8. The van der Waals surface area contributed by atoms with Crippen molar-refractivity contribution in [2.75, 3.05) is 13.7 Å². The van der Waals surface area contributed by atoms with Crippen molar-refractivity contribution in [2.45, 2.75) is 25.0 Å². The Bertz CT molecular complexity index is 849. The van der Waals surface area contributed by atoms with Crippen LogP contribution in [0.25, 0.3) is 0 Å². The SMILES string of the molecule is CC(=O)O.COc1cccc(CCOc2ccc(CC3SC(=O)NC3=O)cc2)c1. The van der Waals surface area contributed by atoms with Gasteiger partial charge in [-0.15, -0.1) is 0 Å². The Kier molecular flexibility index (Phi) is 8.54. The molecule has 0 spiro atoms. The first-order valence-corrected chi connectivity index (χ1v) is 9.81. The van der Waals surface area contributed by atoms with Crippen LogP contribution in [-0.2, 0) is 22.4 Å². The Morgan fingerprint density at radius 2 is 1.79 bits per heavy atom. The van der Waals surface area contributed by atoms with Crippen molar-refractivity contribution in [1.29, 1.82) is 0 Å². The first-order valence-electron chi connectivity index (χ1n) is 8.93. The van der Waals surface area contributed by atoms with Gasteiger partial charge < -0.3 is 14.6 Å². The Morgan fingerprint density at radius 3 is 2.38 bits per heavy atom. The number of ether oxygens (including phenoxy) is 2. The van der Waals surface area contributed by atoms with Crippen molar-refractivity contribution in [3.63, 3.8) is 0 Å². The van der Waals surface area contributed by atoms with Gasteiger partial charge in [-0.2, -0.15) is 0 Å². The number of aliphatic carboxylic acids is 1. The molecule has 1 saturated heterocycles. The van der Waals surface area contributed by atoms with Crippen LogP contribution in [-0.4, -0.2) is 41.2 Å². The van der Waals surface area contributed by atoms with Gasteiger partial charge in [-0.05, 0) is 41.8 Å². The zero-order valence-electron chi connectivity index (χ0n) is 16.2. The second-order valence-electron chi connectivity index (χ2n) is 6.20. The average Bonchev–Trinajstić information content (AvgIpc) is 3.00. The van der Waals surface area contributed by atoms with Gasteiger partial charge in [0.1, 0.15) is 11.5 Å². The highest BCUT2D eigenvalue weighted by molar-refractivity contribution is 8.15. The number of carboxylic acid groups (broad SMARTS) is 1. The van der Waals surface area contributed by atoms with Crippen LogP contribution in [0, 0.1) is 0 Å². The highest BCUT2D eigenvalue weighted by Gasteiger charge is 2.31. The van der Waals surface area contributed by atoms with Crippen LogP contribution in [0.2, 0.25) is 0 Å². The number of amides is 2. The molecule has 1 aliphatic rings. The molecule has 1 heterocycles. The Labute approximate surface area is 173 Å². The van der Waals surface area contributed by atoms with Crippen LogP contribution in [0.5, 0.6) is 11.5 Å². The maximum Gasteiger partial charge on any atom is 0.300 e. The monoisotopic (exact) mass is 417 g/mol. The van der Waals surface area contributed by atoms with Crippen molar-refractivity contribution in [2.24, 2.45) is 0 Å². The van der Waals surface area contributed by atoms with E-state index in [2.05, 4.69) is 5.32 Å². The molecule has 2 N–H and O–H groups in total. The number of thioether (sulfide) groups is 1. The van der Waals surface area contributed by atoms with Gasteiger partial charge in [0, 0.05) is 13.3 Å². The fraction of sp³-hybridized carbons (Fsp3) is 0.286. The molecule has 2 aromatic carbocycles. The highest BCUT2D eigenvalue weighted by atomic mass is 32.2. The van der Waals surface area contributed by atoms with E-state index in [-0.39, 0.29) is 16.4 Å². The summed E-state index contributed by atoms with van der Waals surface area (Å²) in [6.07, 6.45) is 1.33. The van der Waals surface area contributed by atoms with E-state index in [9.17, 15) is 9.59 Å². The summed E-state index contributed by atoms with van der Waals surface area (Å²) in [5.74, 6) is 0.578. The molecule has 29 heavy (non-hydrogen) atoms. The zero-order chi connectivity index (χ0) is 21.2. The topological polar surface area (TPSA) is 102 Å². The Hall–Kier alpha value is -3.00. The van der Waals surface area contributed by atoms with Gasteiger partial charge in [0.2, 0.25) is 5.91 Å². The number of hydrogen-bond acceptors (Lipinski definition) is 6. The quantitative estimate of drug-likeness (QED) is 0.713. The number of imide groups is 1. The summed E-state index contributed by atoms with van der Waals surface area (Å²) in [6.45, 7) is 1.65.